The molecule has 668 valence electrons. The number of carboxylic acids is 2. The normalized spacial score (nSPS) is 13.9. The molecule has 1 saturated carbocycles. The van der Waals surface area contributed by atoms with E-state index in [9.17, 15) is 28.8 Å². The number of nitriles is 3. The lowest BCUT2D eigenvalue weighted by Gasteiger charge is -2.28. The number of rotatable bonds is 32. The van der Waals surface area contributed by atoms with Crippen LogP contribution in [0.25, 0.3) is 0 Å². The molecule has 0 unspecified atom stereocenters. The van der Waals surface area contributed by atoms with Gasteiger partial charge in [-0.15, -0.1) is 0 Å². The first kappa shape index (κ1) is 96.7. The lowest BCUT2D eigenvalue weighted by atomic mass is 10.1. The number of nitrogens with one attached hydrogen (secondary N) is 14. The Balaban J connectivity index is 0.000000209. The van der Waals surface area contributed by atoms with Crippen LogP contribution in [-0.2, 0) is 47.9 Å². The first-order chi connectivity index (χ1) is 60.3. The molecule has 0 spiro atoms. The molecule has 0 radical (unpaired) electrons. The second-order valence-corrected chi connectivity index (χ2v) is 31.7. The Morgan fingerprint density at radius 2 is 0.825 bits per heavy atom. The SMILES string of the molecule is CC(C)(C)OC(=O)N1CCC[C@H]1C(=O)O.CN(C)C/C=C/C(=O)O.Cc1cc(Nc2cc(NCCN)nc(Nc3ccc(CC#N)cc3)n2)n[nH]1.Cc1cc(Nc2cc(NCCNC(=O)C3CCCC3)nc(Nc3ccc(CC#N)cc3)n2)n[nH]1.Cc1cc(Nc2cc(NCCNC(=O)[C@@H]3CCCN3C(=O)OC(C)(C)C)nc(Nc3ccc(CC#N)cc3)n2)n[nH]1. The summed E-state index contributed by atoms with van der Waals surface area (Å²) in [5, 5.41) is 99.4. The minimum atomic E-state index is -0.960. The van der Waals surface area contributed by atoms with Crippen LogP contribution >= 0.6 is 0 Å². The number of hydrogen-bond donors (Lipinski definition) is 17. The van der Waals surface area contributed by atoms with Crippen LogP contribution in [0.5, 0.6) is 0 Å². The largest absolute Gasteiger partial charge is 0.480 e. The number of carbonyl (C=O) groups is 6. The van der Waals surface area contributed by atoms with Gasteiger partial charge >= 0.3 is 24.1 Å². The van der Waals surface area contributed by atoms with Crippen LogP contribution in [0.4, 0.5) is 96.9 Å². The van der Waals surface area contributed by atoms with Crippen molar-refractivity contribution in [2.45, 2.75) is 156 Å². The maximum atomic E-state index is 12.9. The lowest BCUT2D eigenvalue weighted by Crippen LogP contribution is -2.48. The van der Waals surface area contributed by atoms with Crippen LogP contribution in [0.1, 0.15) is 127 Å². The Kier molecular flexibility index (Phi) is 37.5. The highest BCUT2D eigenvalue weighted by atomic mass is 16.6. The quantitative estimate of drug-likeness (QED) is 0.0137. The third kappa shape index (κ3) is 34.7. The fraction of sp³-hybridized carbons (Fsp3) is 0.419. The molecule has 3 aliphatic rings. The number of aromatic amines is 3. The Hall–Kier alpha value is -14.7. The number of nitrogens with two attached hydrogens (primary N) is 1. The molecule has 2 saturated heterocycles. The number of amides is 4. The van der Waals surface area contributed by atoms with Gasteiger partial charge in [-0.1, -0.05) is 55.3 Å². The predicted molar refractivity (Wildman–Crippen MR) is 480 cm³/mol. The van der Waals surface area contributed by atoms with Gasteiger partial charge in [-0.05, 0) is 168 Å². The van der Waals surface area contributed by atoms with Gasteiger partial charge in [0.25, 0.3) is 0 Å². The highest BCUT2D eigenvalue weighted by molar-refractivity contribution is 5.86. The molecule has 0 bridgehead atoms. The number of aliphatic carboxylic acids is 2. The Morgan fingerprint density at radius 1 is 0.476 bits per heavy atom. The molecule has 18 N–H and O–H groups in total. The number of carboxylic acid groups (broad SMARTS) is 2. The molecule has 126 heavy (non-hydrogen) atoms. The molecule has 8 heterocycles. The van der Waals surface area contributed by atoms with Crippen LogP contribution < -0.4 is 64.2 Å². The van der Waals surface area contributed by atoms with Gasteiger partial charge in [0.1, 0.15) is 58.2 Å². The van der Waals surface area contributed by atoms with Crippen molar-refractivity contribution in [3.8, 4) is 18.2 Å². The zero-order valence-corrected chi connectivity index (χ0v) is 72.9. The van der Waals surface area contributed by atoms with E-state index in [0.717, 1.165) is 95.4 Å². The van der Waals surface area contributed by atoms with E-state index in [1.165, 1.54) is 9.80 Å². The van der Waals surface area contributed by atoms with Gasteiger partial charge in [-0.3, -0.25) is 34.7 Å². The van der Waals surface area contributed by atoms with Crippen molar-refractivity contribution in [1.29, 1.82) is 15.8 Å². The first-order valence-corrected chi connectivity index (χ1v) is 41.2. The van der Waals surface area contributed by atoms with Crippen molar-refractivity contribution >= 4 is 123 Å². The van der Waals surface area contributed by atoms with E-state index in [4.69, 9.17) is 41.2 Å². The Labute approximate surface area is 731 Å². The van der Waals surface area contributed by atoms with Gasteiger partial charge in [0, 0.05) is 141 Å². The van der Waals surface area contributed by atoms with E-state index in [2.05, 4.69) is 137 Å². The minimum absolute atomic E-state index is 0.139. The molecule has 3 fully saturated rings. The van der Waals surface area contributed by atoms with Gasteiger partial charge in [0.2, 0.25) is 29.7 Å². The van der Waals surface area contributed by atoms with Crippen molar-refractivity contribution in [3.05, 3.63) is 155 Å². The summed E-state index contributed by atoms with van der Waals surface area (Å²) in [6.45, 7) is 21.0. The molecule has 40 heteroatoms. The smallest absolute Gasteiger partial charge is 0.411 e. The van der Waals surface area contributed by atoms with Crippen molar-refractivity contribution in [3.63, 3.8) is 0 Å². The molecule has 40 nitrogen and oxygen atoms in total. The van der Waals surface area contributed by atoms with Gasteiger partial charge in [-0.2, -0.15) is 61.0 Å². The van der Waals surface area contributed by atoms with Crippen LogP contribution in [0.3, 0.4) is 0 Å². The number of carbonyl (C=O) groups excluding carboxylic acids is 4. The summed E-state index contributed by atoms with van der Waals surface area (Å²) < 4.78 is 10.6. The topological polar surface area (TPSA) is 564 Å². The molecule has 9 aromatic rings. The fourth-order valence-corrected chi connectivity index (χ4v) is 12.5. The first-order valence-electron chi connectivity index (χ1n) is 41.2. The van der Waals surface area contributed by atoms with Gasteiger partial charge in [-0.25, -0.2) is 19.2 Å². The number of benzene rings is 3. The fourth-order valence-electron chi connectivity index (χ4n) is 12.5. The summed E-state index contributed by atoms with van der Waals surface area (Å²) in [5.74, 6) is 4.82. The van der Waals surface area contributed by atoms with Crippen LogP contribution in [-0.4, -0.2) is 218 Å². The third-order valence-electron chi connectivity index (χ3n) is 18.3. The second-order valence-electron chi connectivity index (χ2n) is 31.7. The number of likely N-dealkylation sites (tertiary alicyclic amines) is 2. The zero-order valence-electron chi connectivity index (χ0n) is 72.9. The number of aryl methyl sites for hydroxylation is 3. The van der Waals surface area contributed by atoms with E-state index in [0.29, 0.717) is 161 Å². The summed E-state index contributed by atoms with van der Waals surface area (Å²) in [4.78, 5) is 102. The molecular weight excluding hydrogens is 1610 g/mol. The maximum Gasteiger partial charge on any atom is 0.411 e. The van der Waals surface area contributed by atoms with Gasteiger partial charge < -0.3 is 88.8 Å². The molecule has 12 rings (SSSR count). The standard InChI is InChI=1S/C28H36N10O3.C24H29N9O.C18H21N9.C10H17NO4.C6H11NO2/c1-18-16-24(37-36-18)33-23-17-22(34-26(35-23)32-20-9-7-19(8-10-20)11-12-29)30-13-14-31-25(39)21-6-5-15-38(21)27(40)41-28(2,3)4;1-16-14-22(33-32-16)29-21-15-20(26-12-13-27-23(34)18-4-2-3-5-18)30-24(31-21)28-19-8-6-17(7-9-19)10-11-25;1-12-10-17(27-26-12)23-16-11-15(21-9-8-20)24-18(25-16)22-14-4-2-13(3-5-14)6-7-19;1-10(2,3)15-9(14)11-6-4-5-7(11)8(12)13;1-7(2)5-3-4-6(8)9/h7-10,16-17,21H,5-6,11,13-15H2,1-4H3,(H,31,39)(H4,30,32,33,34,35,36,37);6-9,14-15,18H,2-5,10,12-13H2,1H3,(H,27,34)(H4,26,28,29,30,31,32,33);2-5,10-11H,6,8-9,20H2,1H3,(H4,21,22,23,24,25,26,27);7H,4-6H2,1-3H3,(H,12,13);3-4H,5H2,1-2H3,(H,8,9)/b;;;;4-3+/t21-;;;7-;/m0..0./s1. The summed E-state index contributed by atoms with van der Waals surface area (Å²) in [7, 11) is 3.76. The average Bonchev–Trinajstić information content (AvgIpc) is 1.78. The number of likely N-dealkylation sites (N-methyl/N-ethyl adjacent to an activating group) is 1. The number of hydrogen-bond acceptors (Lipinski definition) is 31. The highest BCUT2D eigenvalue weighted by Gasteiger charge is 2.38. The summed E-state index contributed by atoms with van der Waals surface area (Å²) in [6.07, 6.45) is 9.64. The monoisotopic (exact) mass is 1730 g/mol. The molecule has 3 aromatic carbocycles. The average molecular weight is 1730 g/mol. The van der Waals surface area contributed by atoms with Gasteiger partial charge in [0.05, 0.1) is 37.5 Å². The minimum Gasteiger partial charge on any atom is -0.480 e. The summed E-state index contributed by atoms with van der Waals surface area (Å²) in [6, 6.07) is 38.7. The van der Waals surface area contributed by atoms with Crippen molar-refractivity contribution in [2.24, 2.45) is 11.7 Å². The van der Waals surface area contributed by atoms with E-state index in [1.54, 1.807) is 65.8 Å². The van der Waals surface area contributed by atoms with Crippen molar-refractivity contribution < 1.29 is 48.5 Å². The number of ether oxygens (including phenoxy) is 2. The number of anilines is 15. The third-order valence-corrected chi connectivity index (χ3v) is 18.3. The second kappa shape index (κ2) is 48.8. The summed E-state index contributed by atoms with van der Waals surface area (Å²) >= 11 is 0. The highest BCUT2D eigenvalue weighted by Crippen LogP contribution is 2.29. The Bertz CT molecular complexity index is 5170. The maximum absolute atomic E-state index is 12.9. The van der Waals surface area contributed by atoms with Crippen LogP contribution in [0, 0.1) is 60.7 Å². The van der Waals surface area contributed by atoms with Crippen molar-refractivity contribution in [1.82, 2.24) is 85.8 Å². The number of aromatic nitrogens is 12. The van der Waals surface area contributed by atoms with Gasteiger partial charge in [0.15, 0.2) is 17.5 Å². The molecule has 4 amide bonds. The lowest BCUT2D eigenvalue weighted by molar-refractivity contribution is -0.142. The van der Waals surface area contributed by atoms with Crippen LogP contribution in [0.2, 0.25) is 0 Å². The van der Waals surface area contributed by atoms with E-state index < -0.39 is 47.4 Å². The number of H-pyrrole nitrogens is 3. The predicted octanol–water partition coefficient (Wildman–Crippen LogP) is 11.9. The molecule has 2 atom stereocenters. The zero-order chi connectivity index (χ0) is 91.1. The molecule has 6 aromatic heterocycles. The Morgan fingerprint density at radius 3 is 1.15 bits per heavy atom. The molecule has 2 aliphatic heterocycles. The number of nitrogens with zero attached hydrogens (tertiary/aromatic N) is 15. The summed E-state index contributed by atoms with van der Waals surface area (Å²) in [5.41, 5.74) is 12.4. The van der Waals surface area contributed by atoms with E-state index in [1.807, 2.05) is 131 Å². The van der Waals surface area contributed by atoms with Crippen molar-refractivity contribution in [2.75, 3.05) is 121 Å². The molecule has 1 aliphatic carbocycles. The molecular formula is C86H114N30O10. The van der Waals surface area contributed by atoms with E-state index >= 15 is 0 Å². The van der Waals surface area contributed by atoms with E-state index in [-0.39, 0.29) is 17.7 Å². The van der Waals surface area contributed by atoms with Crippen LogP contribution in [0.15, 0.2) is 121 Å².